The van der Waals surface area contributed by atoms with Crippen molar-refractivity contribution in [3.8, 4) is 16.4 Å². The van der Waals surface area contributed by atoms with Crippen molar-refractivity contribution < 1.29 is 17.4 Å². The summed E-state index contributed by atoms with van der Waals surface area (Å²) >= 11 is 19.6. The van der Waals surface area contributed by atoms with E-state index in [9.17, 15) is 17.4 Å². The molecule has 2 unspecified atom stereocenters. The first kappa shape index (κ1) is 26.9. The third-order valence-corrected chi connectivity index (χ3v) is 10.0. The monoisotopic (exact) mass is 606 g/mol. The largest absolute Gasteiger partial charge is 0.400 e. The highest BCUT2D eigenvalue weighted by Gasteiger charge is 2.61. The fraction of sp³-hybridized carbons (Fsp3) is 0.375. The van der Waals surface area contributed by atoms with E-state index < -0.39 is 22.4 Å². The number of rotatable bonds is 6. The van der Waals surface area contributed by atoms with Crippen molar-refractivity contribution in [3.05, 3.63) is 62.2 Å². The van der Waals surface area contributed by atoms with E-state index in [0.717, 1.165) is 11.3 Å². The van der Waals surface area contributed by atoms with Crippen LogP contribution < -0.4 is 0 Å². The van der Waals surface area contributed by atoms with E-state index in [0.29, 0.717) is 44.2 Å². The third kappa shape index (κ3) is 4.69. The van der Waals surface area contributed by atoms with E-state index in [-0.39, 0.29) is 40.2 Å². The lowest BCUT2D eigenvalue weighted by molar-refractivity contribution is -0.212. The zero-order valence-electron chi connectivity index (χ0n) is 19.4. The zero-order chi connectivity index (χ0) is 26.5. The summed E-state index contributed by atoms with van der Waals surface area (Å²) in [5.74, 6) is 0.00660. The number of hydrogen-bond acceptors (Lipinski definition) is 5. The van der Waals surface area contributed by atoms with E-state index >= 15 is 0 Å². The van der Waals surface area contributed by atoms with Crippen molar-refractivity contribution in [2.45, 2.75) is 55.0 Å². The molecule has 37 heavy (non-hydrogen) atoms. The molecule has 1 saturated carbocycles. The molecule has 13 heteroatoms. The molecule has 3 aromatic rings. The zero-order valence-corrected chi connectivity index (χ0v) is 23.3. The summed E-state index contributed by atoms with van der Waals surface area (Å²) in [6.07, 6.45) is 1.97. The molecule has 2 atom stereocenters. The van der Waals surface area contributed by atoms with Crippen LogP contribution in [0.1, 0.15) is 49.2 Å². The van der Waals surface area contributed by atoms with Gasteiger partial charge >= 0.3 is 6.18 Å². The maximum atomic E-state index is 14.0. The van der Waals surface area contributed by atoms with Crippen LogP contribution in [-0.2, 0) is 16.2 Å². The van der Waals surface area contributed by atoms with Gasteiger partial charge in [0, 0.05) is 21.7 Å². The molecule has 1 fully saturated rings. The topological polar surface area (TPSA) is 60.7 Å². The molecule has 2 aliphatic carbocycles. The van der Waals surface area contributed by atoms with Crippen LogP contribution in [0.4, 0.5) is 13.2 Å². The Kier molecular flexibility index (Phi) is 7.34. The van der Waals surface area contributed by atoms with E-state index in [4.69, 9.17) is 39.9 Å². The van der Waals surface area contributed by atoms with Crippen LogP contribution in [0.15, 0.2) is 46.4 Å². The highest BCUT2D eigenvalue weighted by Crippen LogP contribution is 2.56. The molecule has 0 aliphatic heterocycles. The molecule has 0 N–H and O–H groups in total. The van der Waals surface area contributed by atoms with Gasteiger partial charge < -0.3 is 0 Å². The fourth-order valence-corrected chi connectivity index (χ4v) is 7.47. The van der Waals surface area contributed by atoms with Crippen molar-refractivity contribution in [2.75, 3.05) is 5.75 Å². The van der Waals surface area contributed by atoms with Gasteiger partial charge in [-0.15, -0.1) is 10.2 Å². The number of hydrogen-bond donors (Lipinski definition) is 0. The van der Waals surface area contributed by atoms with Crippen molar-refractivity contribution in [1.82, 2.24) is 20.0 Å². The fourth-order valence-electron chi connectivity index (χ4n) is 4.55. The Morgan fingerprint density at radius 3 is 2.54 bits per heavy atom. The lowest BCUT2D eigenvalue weighted by Gasteiger charge is -2.40. The van der Waals surface area contributed by atoms with Crippen LogP contribution in [0.25, 0.3) is 16.4 Å². The van der Waals surface area contributed by atoms with Gasteiger partial charge in [0.1, 0.15) is 16.1 Å². The Morgan fingerprint density at radius 2 is 1.97 bits per heavy atom. The molecule has 2 heterocycles. The molecule has 0 spiro atoms. The third-order valence-electron chi connectivity index (χ3n) is 6.70. The predicted molar refractivity (Wildman–Crippen MR) is 141 cm³/mol. The van der Waals surface area contributed by atoms with Gasteiger partial charge in [-0.05, 0) is 43.5 Å². The first-order valence-corrected chi connectivity index (χ1v) is 14.7. The van der Waals surface area contributed by atoms with E-state index in [1.165, 1.54) is 0 Å². The summed E-state index contributed by atoms with van der Waals surface area (Å²) in [7, 11) is -1.53. The molecular formula is C24H20Cl3F3N4OS2. The number of nitrogens with zero attached hydrogens (tertiary/aromatic N) is 4. The van der Waals surface area contributed by atoms with Crippen LogP contribution in [0.2, 0.25) is 10.0 Å². The predicted octanol–water partition coefficient (Wildman–Crippen LogP) is 7.98. The van der Waals surface area contributed by atoms with Gasteiger partial charge in [0.05, 0.1) is 32.1 Å². The second kappa shape index (κ2) is 10.1. The van der Waals surface area contributed by atoms with Crippen LogP contribution >= 0.6 is 46.1 Å². The van der Waals surface area contributed by atoms with Crippen LogP contribution in [0.5, 0.6) is 0 Å². The minimum atomic E-state index is -4.43. The van der Waals surface area contributed by atoms with Crippen molar-refractivity contribution in [2.24, 2.45) is 0 Å². The molecule has 0 radical (unpaired) electrons. The van der Waals surface area contributed by atoms with Gasteiger partial charge in [0.2, 0.25) is 0 Å². The Morgan fingerprint density at radius 1 is 1.22 bits per heavy atom. The number of benzene rings is 1. The first-order valence-electron chi connectivity index (χ1n) is 11.5. The first-order chi connectivity index (χ1) is 17.6. The Hall–Kier alpha value is -1.72. The molecule has 5 rings (SSSR count). The minimum absolute atomic E-state index is 0.0289. The summed E-state index contributed by atoms with van der Waals surface area (Å²) in [5, 5.41) is 14.2. The van der Waals surface area contributed by atoms with Gasteiger partial charge in [0.15, 0.2) is 5.01 Å². The molecular weight excluding hydrogens is 588 g/mol. The van der Waals surface area contributed by atoms with E-state index in [1.54, 1.807) is 35.9 Å². The lowest BCUT2D eigenvalue weighted by atomic mass is 9.68. The van der Waals surface area contributed by atoms with Gasteiger partial charge in [0.25, 0.3) is 0 Å². The molecule has 0 bridgehead atoms. The smallest absolute Gasteiger partial charge is 0.254 e. The standard InChI is InChI=1S/C24H20Cl3F3N4OS2/c1-2-37(35)20-18(21-31-32-22(36-21)23(10-3-11-23)24(28,29)30)33-34(17-9-8-15(26)12-16(17)27)19(20)13-4-6-14(25)7-5-13/h4,6-9,12-13H,2-3,5,10-11H2,1H3. The summed E-state index contributed by atoms with van der Waals surface area (Å²) in [6.45, 7) is 1.77. The second-order valence-corrected chi connectivity index (χ2v) is 12.8. The number of aromatic nitrogens is 4. The number of halogens is 6. The van der Waals surface area contributed by atoms with Gasteiger partial charge in [-0.25, -0.2) is 4.68 Å². The Labute approximate surface area is 232 Å². The van der Waals surface area contributed by atoms with Crippen molar-refractivity contribution in [1.29, 1.82) is 0 Å². The van der Waals surface area contributed by atoms with Crippen LogP contribution in [0, 0.1) is 0 Å². The summed E-state index contributed by atoms with van der Waals surface area (Å²) in [5.41, 5.74) is -0.672. The van der Waals surface area contributed by atoms with Gasteiger partial charge in [-0.1, -0.05) is 71.6 Å². The van der Waals surface area contributed by atoms with Gasteiger partial charge in [-0.3, -0.25) is 4.21 Å². The second-order valence-electron chi connectivity index (χ2n) is 8.84. The molecule has 5 nitrogen and oxygen atoms in total. The number of allylic oxidation sites excluding steroid dienone is 4. The quantitative estimate of drug-likeness (QED) is 0.285. The average molecular weight is 608 g/mol. The van der Waals surface area contributed by atoms with Crippen LogP contribution in [0.3, 0.4) is 0 Å². The Bertz CT molecular complexity index is 1440. The Balaban J connectivity index is 1.73. The maximum Gasteiger partial charge on any atom is 0.400 e. The van der Waals surface area contributed by atoms with E-state index in [2.05, 4.69) is 10.2 Å². The molecule has 196 valence electrons. The van der Waals surface area contributed by atoms with Crippen molar-refractivity contribution in [3.63, 3.8) is 0 Å². The molecule has 2 aliphatic rings. The van der Waals surface area contributed by atoms with Gasteiger partial charge in [-0.2, -0.15) is 18.3 Å². The summed E-state index contributed by atoms with van der Waals surface area (Å²) in [4.78, 5) is 0.395. The summed E-state index contributed by atoms with van der Waals surface area (Å²) < 4.78 is 57.0. The highest BCUT2D eigenvalue weighted by molar-refractivity contribution is 7.85. The lowest BCUT2D eigenvalue weighted by Crippen LogP contribution is -2.47. The highest BCUT2D eigenvalue weighted by atomic mass is 35.5. The average Bonchev–Trinajstić information content (AvgIpc) is 3.43. The summed E-state index contributed by atoms with van der Waals surface area (Å²) in [6, 6.07) is 4.92. The normalized spacial score (nSPS) is 20.0. The maximum absolute atomic E-state index is 14.0. The van der Waals surface area contributed by atoms with Crippen LogP contribution in [-0.4, -0.2) is 36.1 Å². The van der Waals surface area contributed by atoms with Crippen molar-refractivity contribution >= 4 is 56.9 Å². The minimum Gasteiger partial charge on any atom is -0.254 e. The molecule has 2 aromatic heterocycles. The number of alkyl halides is 3. The molecule has 0 amide bonds. The SMILES string of the molecule is CCS(=O)c1c(-c2nnc(C3(C(F)(F)F)CCC3)s2)nn(-c2ccc(Cl)cc2Cl)c1C1C=CC(Cl)=CC1. The van der Waals surface area contributed by atoms with E-state index in [1.807, 2.05) is 12.2 Å². The molecule has 1 aromatic carbocycles. The molecule has 0 saturated heterocycles.